The van der Waals surface area contributed by atoms with Crippen molar-refractivity contribution in [2.45, 2.75) is 0 Å². The van der Waals surface area contributed by atoms with E-state index in [9.17, 15) is 4.79 Å². The zero-order chi connectivity index (χ0) is 13.1. The summed E-state index contributed by atoms with van der Waals surface area (Å²) in [5.74, 6) is 0.658. The van der Waals surface area contributed by atoms with E-state index in [0.29, 0.717) is 11.4 Å². The van der Waals surface area contributed by atoms with Crippen molar-refractivity contribution in [1.82, 2.24) is 10.2 Å². The Morgan fingerprint density at radius 3 is 2.83 bits per heavy atom. The fourth-order valence-corrected chi connectivity index (χ4v) is 1.73. The number of aromatic amines is 1. The molecule has 0 aliphatic rings. The molecule has 2 aromatic rings. The number of hydrogen-bond acceptors (Lipinski definition) is 4. The van der Waals surface area contributed by atoms with E-state index in [-0.39, 0.29) is 10.6 Å². The highest BCUT2D eigenvalue weighted by Crippen LogP contribution is 2.27. The number of para-hydroxylation sites is 1. The molecule has 2 rings (SSSR count). The van der Waals surface area contributed by atoms with Gasteiger partial charge in [0.1, 0.15) is 10.7 Å². The van der Waals surface area contributed by atoms with E-state index >= 15 is 0 Å². The molecule has 0 unspecified atom stereocenters. The van der Waals surface area contributed by atoms with Gasteiger partial charge in [-0.1, -0.05) is 24.4 Å². The summed E-state index contributed by atoms with van der Waals surface area (Å²) in [6, 6.07) is 8.90. The molecule has 1 aromatic carbocycles. The summed E-state index contributed by atoms with van der Waals surface area (Å²) < 4.78 is 5.23. The lowest BCUT2D eigenvalue weighted by molar-refractivity contribution is 0.416. The van der Waals surface area contributed by atoms with Crippen LogP contribution in [0.5, 0.6) is 5.75 Å². The predicted octanol–water partition coefficient (Wildman–Crippen LogP) is 1.08. The molecule has 0 bridgehead atoms. The van der Waals surface area contributed by atoms with E-state index in [0.717, 1.165) is 5.56 Å². The number of thiocarbonyl (C=S) groups is 1. The Bertz CT molecular complexity index is 652. The second-order valence-corrected chi connectivity index (χ2v) is 4.00. The maximum atomic E-state index is 11.5. The number of aromatic nitrogens is 2. The SMILES string of the molecule is COc1ccccc1-c1cc(C(N)=S)c(=O)[nH]n1. The van der Waals surface area contributed by atoms with Gasteiger partial charge in [0.15, 0.2) is 0 Å². The Kier molecular flexibility index (Phi) is 3.38. The molecule has 18 heavy (non-hydrogen) atoms. The Morgan fingerprint density at radius 2 is 2.17 bits per heavy atom. The van der Waals surface area contributed by atoms with Crippen LogP contribution < -0.4 is 16.0 Å². The second kappa shape index (κ2) is 4.97. The molecule has 0 amide bonds. The minimum Gasteiger partial charge on any atom is -0.496 e. The third-order valence-electron chi connectivity index (χ3n) is 2.45. The van der Waals surface area contributed by atoms with Crippen LogP contribution in [0.15, 0.2) is 35.1 Å². The first-order valence-electron chi connectivity index (χ1n) is 5.16. The van der Waals surface area contributed by atoms with Gasteiger partial charge < -0.3 is 10.5 Å². The fourth-order valence-electron chi connectivity index (χ4n) is 1.58. The third kappa shape index (κ3) is 2.23. The number of H-pyrrole nitrogens is 1. The second-order valence-electron chi connectivity index (χ2n) is 3.56. The van der Waals surface area contributed by atoms with Crippen LogP contribution in [0, 0.1) is 0 Å². The number of hydrogen-bond donors (Lipinski definition) is 2. The van der Waals surface area contributed by atoms with Gasteiger partial charge in [0.2, 0.25) is 0 Å². The van der Waals surface area contributed by atoms with E-state index in [2.05, 4.69) is 10.2 Å². The average Bonchev–Trinajstić information content (AvgIpc) is 2.39. The molecular formula is C12H11N3O2S. The molecule has 0 aliphatic carbocycles. The summed E-state index contributed by atoms with van der Waals surface area (Å²) in [6.07, 6.45) is 0. The number of benzene rings is 1. The van der Waals surface area contributed by atoms with E-state index in [1.54, 1.807) is 13.2 Å². The summed E-state index contributed by atoms with van der Waals surface area (Å²) in [6.45, 7) is 0. The van der Waals surface area contributed by atoms with Crippen LogP contribution in [0.3, 0.4) is 0 Å². The highest BCUT2D eigenvalue weighted by atomic mass is 32.1. The summed E-state index contributed by atoms with van der Waals surface area (Å²) in [4.78, 5) is 11.5. The number of nitrogens with two attached hydrogens (primary N) is 1. The van der Waals surface area contributed by atoms with Gasteiger partial charge in [-0.3, -0.25) is 4.79 Å². The number of nitrogens with zero attached hydrogens (tertiary/aromatic N) is 1. The van der Waals surface area contributed by atoms with Gasteiger partial charge in [0.05, 0.1) is 18.4 Å². The van der Waals surface area contributed by atoms with Crippen molar-refractivity contribution in [1.29, 1.82) is 0 Å². The van der Waals surface area contributed by atoms with Crippen molar-refractivity contribution in [3.8, 4) is 17.0 Å². The first kappa shape index (κ1) is 12.3. The molecule has 3 N–H and O–H groups in total. The zero-order valence-corrected chi connectivity index (χ0v) is 10.5. The molecule has 0 aliphatic heterocycles. The van der Waals surface area contributed by atoms with Crippen molar-refractivity contribution >= 4 is 17.2 Å². The van der Waals surface area contributed by atoms with E-state index < -0.39 is 5.56 Å². The Labute approximate surface area is 109 Å². The molecular weight excluding hydrogens is 250 g/mol. The lowest BCUT2D eigenvalue weighted by atomic mass is 10.1. The van der Waals surface area contributed by atoms with Crippen LogP contribution >= 0.6 is 12.2 Å². The van der Waals surface area contributed by atoms with Gasteiger partial charge in [-0.05, 0) is 18.2 Å². The van der Waals surface area contributed by atoms with Gasteiger partial charge >= 0.3 is 0 Å². The molecule has 1 heterocycles. The van der Waals surface area contributed by atoms with Gasteiger partial charge in [0.25, 0.3) is 5.56 Å². The van der Waals surface area contributed by atoms with Crippen LogP contribution in [-0.2, 0) is 0 Å². The Hall–Kier alpha value is -2.21. The van der Waals surface area contributed by atoms with Crippen molar-refractivity contribution in [2.24, 2.45) is 5.73 Å². The molecule has 0 radical (unpaired) electrons. The van der Waals surface area contributed by atoms with Crippen LogP contribution in [0.4, 0.5) is 0 Å². The number of rotatable bonds is 3. The standard InChI is InChI=1S/C12H11N3O2S/c1-17-10-5-3-2-4-7(10)9-6-8(11(13)18)12(16)15-14-9/h2-6H,1H3,(H2,13,18)(H,15,16). The molecule has 0 fully saturated rings. The summed E-state index contributed by atoms with van der Waals surface area (Å²) >= 11 is 4.82. The van der Waals surface area contributed by atoms with Gasteiger partial charge in [-0.2, -0.15) is 5.10 Å². The van der Waals surface area contributed by atoms with Gasteiger partial charge in [-0.25, -0.2) is 5.10 Å². The summed E-state index contributed by atoms with van der Waals surface area (Å²) in [5.41, 5.74) is 6.63. The maximum absolute atomic E-state index is 11.5. The van der Waals surface area contributed by atoms with Gasteiger partial charge in [-0.15, -0.1) is 0 Å². The Morgan fingerprint density at radius 1 is 1.44 bits per heavy atom. The lowest BCUT2D eigenvalue weighted by Gasteiger charge is -2.07. The van der Waals surface area contributed by atoms with Crippen LogP contribution in [0.25, 0.3) is 11.3 Å². The largest absolute Gasteiger partial charge is 0.496 e. The number of ether oxygens (including phenoxy) is 1. The molecule has 1 aromatic heterocycles. The van der Waals surface area contributed by atoms with Crippen LogP contribution in [0.1, 0.15) is 5.56 Å². The normalized spacial score (nSPS) is 10.1. The van der Waals surface area contributed by atoms with Crippen molar-refractivity contribution in [3.63, 3.8) is 0 Å². The van der Waals surface area contributed by atoms with E-state index in [1.807, 2.05) is 24.3 Å². The molecule has 0 saturated carbocycles. The molecule has 0 spiro atoms. The average molecular weight is 261 g/mol. The fraction of sp³-hybridized carbons (Fsp3) is 0.0833. The molecule has 0 saturated heterocycles. The molecule has 6 heteroatoms. The quantitative estimate of drug-likeness (QED) is 0.808. The molecule has 0 atom stereocenters. The van der Waals surface area contributed by atoms with Crippen molar-refractivity contribution in [2.75, 3.05) is 7.11 Å². The van der Waals surface area contributed by atoms with E-state index in [1.165, 1.54) is 0 Å². The number of nitrogens with one attached hydrogen (secondary N) is 1. The third-order valence-corrected chi connectivity index (χ3v) is 2.67. The summed E-state index contributed by atoms with van der Waals surface area (Å²) in [5, 5.41) is 6.34. The number of methoxy groups -OCH3 is 1. The first-order valence-corrected chi connectivity index (χ1v) is 5.57. The topological polar surface area (TPSA) is 81.0 Å². The van der Waals surface area contributed by atoms with Gasteiger partial charge in [0, 0.05) is 5.56 Å². The maximum Gasteiger partial charge on any atom is 0.274 e. The first-order chi connectivity index (χ1) is 8.63. The van der Waals surface area contributed by atoms with Crippen LogP contribution in [-0.4, -0.2) is 22.3 Å². The monoisotopic (exact) mass is 261 g/mol. The highest BCUT2D eigenvalue weighted by Gasteiger charge is 2.10. The molecule has 92 valence electrons. The van der Waals surface area contributed by atoms with E-state index in [4.69, 9.17) is 22.7 Å². The smallest absolute Gasteiger partial charge is 0.274 e. The van der Waals surface area contributed by atoms with Crippen LogP contribution in [0.2, 0.25) is 0 Å². The minimum absolute atomic E-state index is 0.0368. The molecule has 5 nitrogen and oxygen atoms in total. The predicted molar refractivity (Wildman–Crippen MR) is 72.7 cm³/mol. The minimum atomic E-state index is -0.402. The zero-order valence-electron chi connectivity index (χ0n) is 9.64. The van der Waals surface area contributed by atoms with Crippen molar-refractivity contribution < 1.29 is 4.74 Å². The lowest BCUT2D eigenvalue weighted by Crippen LogP contribution is -2.23. The summed E-state index contributed by atoms with van der Waals surface area (Å²) in [7, 11) is 1.57. The highest BCUT2D eigenvalue weighted by molar-refractivity contribution is 7.80. The Balaban J connectivity index is 2.61. The van der Waals surface area contributed by atoms with Crippen molar-refractivity contribution in [3.05, 3.63) is 46.2 Å².